The summed E-state index contributed by atoms with van der Waals surface area (Å²) in [6, 6.07) is 9.46. The Kier molecular flexibility index (Phi) is 5.76. The molecule has 0 radical (unpaired) electrons. The van der Waals surface area contributed by atoms with E-state index < -0.39 is 0 Å². The Morgan fingerprint density at radius 1 is 1.29 bits per heavy atom. The van der Waals surface area contributed by atoms with Crippen molar-refractivity contribution in [3.63, 3.8) is 0 Å². The van der Waals surface area contributed by atoms with Crippen LogP contribution in [0.15, 0.2) is 53.3 Å². The van der Waals surface area contributed by atoms with Crippen molar-refractivity contribution in [2.45, 2.75) is 19.8 Å². The van der Waals surface area contributed by atoms with Crippen LogP contribution in [-0.4, -0.2) is 28.9 Å². The second-order valence-corrected chi connectivity index (χ2v) is 4.75. The fraction of sp³-hybridized carbons (Fsp3) is 0.294. The Labute approximate surface area is 125 Å². The fourth-order valence-electron chi connectivity index (χ4n) is 2.04. The molecule has 0 aliphatic carbocycles. The van der Waals surface area contributed by atoms with Gasteiger partial charge in [0.2, 0.25) is 5.91 Å². The molecule has 0 bridgehead atoms. The van der Waals surface area contributed by atoms with Crippen LogP contribution in [0.25, 0.3) is 6.08 Å². The first-order valence-electron chi connectivity index (χ1n) is 7.20. The minimum Gasteiger partial charge on any atom is -0.465 e. The Balaban J connectivity index is 1.92. The molecule has 4 heteroatoms. The van der Waals surface area contributed by atoms with E-state index in [0.717, 1.165) is 25.1 Å². The second kappa shape index (κ2) is 8.04. The molecular weight excluding hydrogens is 264 g/mol. The van der Waals surface area contributed by atoms with Crippen LogP contribution in [0.3, 0.4) is 0 Å². The SMILES string of the molecule is CCCN(CCc1ccccn1)C(=O)/C=C/c1ccco1. The highest BCUT2D eigenvalue weighted by Gasteiger charge is 2.10. The van der Waals surface area contributed by atoms with Crippen molar-refractivity contribution < 1.29 is 9.21 Å². The highest BCUT2D eigenvalue weighted by molar-refractivity contribution is 5.91. The van der Waals surface area contributed by atoms with Gasteiger partial charge < -0.3 is 9.32 Å². The van der Waals surface area contributed by atoms with E-state index >= 15 is 0 Å². The maximum Gasteiger partial charge on any atom is 0.246 e. The molecule has 2 aromatic heterocycles. The fourth-order valence-corrected chi connectivity index (χ4v) is 2.04. The summed E-state index contributed by atoms with van der Waals surface area (Å²) in [5, 5.41) is 0. The third-order valence-electron chi connectivity index (χ3n) is 3.10. The Hall–Kier alpha value is -2.36. The van der Waals surface area contributed by atoms with Gasteiger partial charge in [-0.2, -0.15) is 0 Å². The van der Waals surface area contributed by atoms with Crippen LogP contribution in [0.4, 0.5) is 0 Å². The molecule has 0 saturated heterocycles. The summed E-state index contributed by atoms with van der Waals surface area (Å²) in [6.07, 6.45) is 8.33. The van der Waals surface area contributed by atoms with Crippen molar-refractivity contribution >= 4 is 12.0 Å². The Morgan fingerprint density at radius 3 is 2.86 bits per heavy atom. The van der Waals surface area contributed by atoms with Crippen molar-refractivity contribution in [2.24, 2.45) is 0 Å². The molecule has 2 rings (SSSR count). The lowest BCUT2D eigenvalue weighted by molar-refractivity contribution is -0.126. The third-order valence-corrected chi connectivity index (χ3v) is 3.10. The molecule has 0 aliphatic heterocycles. The minimum atomic E-state index is 0.00387. The molecule has 4 nitrogen and oxygen atoms in total. The van der Waals surface area contributed by atoms with Gasteiger partial charge in [0.25, 0.3) is 0 Å². The van der Waals surface area contributed by atoms with E-state index in [9.17, 15) is 4.79 Å². The zero-order valence-electron chi connectivity index (χ0n) is 12.2. The predicted octanol–water partition coefficient (Wildman–Crippen LogP) is 3.17. The van der Waals surface area contributed by atoms with Crippen molar-refractivity contribution in [1.29, 1.82) is 0 Å². The summed E-state index contributed by atoms with van der Waals surface area (Å²) in [6.45, 7) is 3.48. The van der Waals surface area contributed by atoms with Gasteiger partial charge in [-0.1, -0.05) is 13.0 Å². The molecule has 0 spiro atoms. The number of pyridine rings is 1. The van der Waals surface area contributed by atoms with Crippen LogP contribution in [-0.2, 0) is 11.2 Å². The molecule has 110 valence electrons. The van der Waals surface area contributed by atoms with Crippen LogP contribution in [0.1, 0.15) is 24.8 Å². The summed E-state index contributed by atoms with van der Waals surface area (Å²) in [5.74, 6) is 0.689. The molecule has 0 atom stereocenters. The van der Waals surface area contributed by atoms with E-state index in [4.69, 9.17) is 4.42 Å². The van der Waals surface area contributed by atoms with Crippen LogP contribution < -0.4 is 0 Å². The smallest absolute Gasteiger partial charge is 0.246 e. The molecule has 0 aliphatic rings. The molecule has 0 unspecified atom stereocenters. The van der Waals surface area contributed by atoms with Crippen LogP contribution in [0.2, 0.25) is 0 Å². The van der Waals surface area contributed by atoms with Crippen molar-refractivity contribution in [1.82, 2.24) is 9.88 Å². The number of furan rings is 1. The van der Waals surface area contributed by atoms with Gasteiger partial charge >= 0.3 is 0 Å². The van der Waals surface area contributed by atoms with Gasteiger partial charge in [-0.3, -0.25) is 9.78 Å². The summed E-state index contributed by atoms with van der Waals surface area (Å²) in [4.78, 5) is 18.4. The second-order valence-electron chi connectivity index (χ2n) is 4.75. The van der Waals surface area contributed by atoms with Crippen LogP contribution in [0.5, 0.6) is 0 Å². The van der Waals surface area contributed by atoms with E-state index in [-0.39, 0.29) is 5.91 Å². The lowest BCUT2D eigenvalue weighted by atomic mass is 10.2. The molecule has 0 N–H and O–H groups in total. The van der Waals surface area contributed by atoms with Gasteiger partial charge in [0.15, 0.2) is 0 Å². The maximum atomic E-state index is 12.2. The number of nitrogens with zero attached hydrogens (tertiary/aromatic N) is 2. The number of hydrogen-bond donors (Lipinski definition) is 0. The zero-order chi connectivity index (χ0) is 14.9. The Bertz CT molecular complexity index is 562. The van der Waals surface area contributed by atoms with Gasteiger partial charge in [0.1, 0.15) is 5.76 Å². The molecule has 0 aromatic carbocycles. The van der Waals surface area contributed by atoms with Crippen molar-refractivity contribution in [3.8, 4) is 0 Å². The summed E-state index contributed by atoms with van der Waals surface area (Å²) in [7, 11) is 0. The Morgan fingerprint density at radius 2 is 2.19 bits per heavy atom. The van der Waals surface area contributed by atoms with Gasteiger partial charge in [-0.15, -0.1) is 0 Å². The normalized spacial score (nSPS) is 10.9. The first-order valence-corrected chi connectivity index (χ1v) is 7.20. The van der Waals surface area contributed by atoms with Gasteiger partial charge in [0, 0.05) is 37.5 Å². The summed E-state index contributed by atoms with van der Waals surface area (Å²) >= 11 is 0. The predicted molar refractivity (Wildman–Crippen MR) is 82.6 cm³/mol. The van der Waals surface area contributed by atoms with E-state index in [0.29, 0.717) is 12.3 Å². The molecule has 2 aromatic rings. The number of carbonyl (C=O) groups excluding carboxylic acids is 1. The highest BCUT2D eigenvalue weighted by Crippen LogP contribution is 2.05. The summed E-state index contributed by atoms with van der Waals surface area (Å²) < 4.78 is 5.19. The standard InChI is InChI=1S/C17H20N2O2/c1-2-12-19(13-10-15-6-3-4-11-18-15)17(20)9-8-16-7-5-14-21-16/h3-9,11,14H,2,10,12-13H2,1H3/b9-8+. The monoisotopic (exact) mass is 284 g/mol. The van der Waals surface area contributed by atoms with E-state index in [1.807, 2.05) is 29.2 Å². The average Bonchev–Trinajstić information content (AvgIpc) is 3.03. The molecule has 21 heavy (non-hydrogen) atoms. The van der Waals surface area contributed by atoms with Gasteiger partial charge in [-0.05, 0) is 36.8 Å². The number of amides is 1. The van der Waals surface area contributed by atoms with Gasteiger partial charge in [0.05, 0.1) is 6.26 Å². The molecular formula is C17H20N2O2. The largest absolute Gasteiger partial charge is 0.465 e. The first-order chi connectivity index (χ1) is 10.3. The first kappa shape index (κ1) is 15.0. The zero-order valence-corrected chi connectivity index (χ0v) is 12.2. The topological polar surface area (TPSA) is 46.3 Å². The highest BCUT2D eigenvalue weighted by atomic mass is 16.3. The number of carbonyl (C=O) groups is 1. The quantitative estimate of drug-likeness (QED) is 0.734. The van der Waals surface area contributed by atoms with Gasteiger partial charge in [-0.25, -0.2) is 0 Å². The van der Waals surface area contributed by atoms with Crippen molar-refractivity contribution in [2.75, 3.05) is 13.1 Å². The van der Waals surface area contributed by atoms with Crippen LogP contribution >= 0.6 is 0 Å². The number of hydrogen-bond acceptors (Lipinski definition) is 3. The average molecular weight is 284 g/mol. The number of rotatable bonds is 7. The molecule has 0 saturated carbocycles. The maximum absolute atomic E-state index is 12.2. The van der Waals surface area contributed by atoms with E-state index in [1.54, 1.807) is 30.7 Å². The summed E-state index contributed by atoms with van der Waals surface area (Å²) in [5.41, 5.74) is 1.00. The molecule has 0 fully saturated rings. The number of aromatic nitrogens is 1. The van der Waals surface area contributed by atoms with Crippen molar-refractivity contribution in [3.05, 3.63) is 60.3 Å². The lowest BCUT2D eigenvalue weighted by Crippen LogP contribution is -2.32. The van der Waals surface area contributed by atoms with E-state index in [2.05, 4.69) is 11.9 Å². The minimum absolute atomic E-state index is 0.00387. The molecule has 2 heterocycles. The third kappa shape index (κ3) is 4.91. The molecule has 1 amide bonds. The van der Waals surface area contributed by atoms with Crippen LogP contribution in [0, 0.1) is 0 Å². The lowest BCUT2D eigenvalue weighted by Gasteiger charge is -2.20. The van der Waals surface area contributed by atoms with E-state index in [1.165, 1.54) is 0 Å².